The first-order valence-corrected chi connectivity index (χ1v) is 9.12. The summed E-state index contributed by atoms with van der Waals surface area (Å²) < 4.78 is 0. The molecule has 3 aromatic carbocycles. The van der Waals surface area contributed by atoms with E-state index in [4.69, 9.17) is 0 Å². The Morgan fingerprint density at radius 1 is 0.862 bits per heavy atom. The van der Waals surface area contributed by atoms with Crippen LogP contribution >= 0.6 is 0 Å². The van der Waals surface area contributed by atoms with E-state index >= 15 is 0 Å². The number of phenolic OH excluding ortho intramolecular Hbond substituents is 1. The third-order valence-electron chi connectivity index (χ3n) is 4.69. The lowest BCUT2D eigenvalue weighted by atomic mass is 10.0. The Labute approximate surface area is 167 Å². The van der Waals surface area contributed by atoms with Crippen molar-refractivity contribution in [2.24, 2.45) is 0 Å². The van der Waals surface area contributed by atoms with Crippen molar-refractivity contribution in [3.05, 3.63) is 90.1 Å². The highest BCUT2D eigenvalue weighted by molar-refractivity contribution is 6.05. The van der Waals surface area contributed by atoms with Crippen LogP contribution in [-0.2, 0) is 0 Å². The van der Waals surface area contributed by atoms with E-state index in [-0.39, 0.29) is 17.4 Å². The second kappa shape index (κ2) is 7.56. The Kier molecular flexibility index (Phi) is 4.79. The van der Waals surface area contributed by atoms with Crippen molar-refractivity contribution in [3.8, 4) is 16.9 Å². The predicted octanol–water partition coefficient (Wildman–Crippen LogP) is 5.06. The molecule has 29 heavy (non-hydrogen) atoms. The number of phenols is 1. The van der Waals surface area contributed by atoms with Gasteiger partial charge in [-0.3, -0.25) is 14.6 Å². The summed E-state index contributed by atoms with van der Waals surface area (Å²) in [5.74, 6) is -0.183. The highest BCUT2D eigenvalue weighted by atomic mass is 16.3. The Morgan fingerprint density at radius 3 is 2.41 bits per heavy atom. The molecule has 0 aliphatic rings. The first-order chi connectivity index (χ1) is 14.0. The molecule has 5 heteroatoms. The summed E-state index contributed by atoms with van der Waals surface area (Å²) in [4.78, 5) is 28.2. The number of rotatable bonds is 4. The molecule has 0 aliphatic heterocycles. The van der Waals surface area contributed by atoms with Crippen molar-refractivity contribution < 1.29 is 14.7 Å². The molecule has 0 fully saturated rings. The van der Waals surface area contributed by atoms with Gasteiger partial charge in [0.2, 0.25) is 0 Å². The normalized spacial score (nSPS) is 10.7. The number of aromatic nitrogens is 1. The van der Waals surface area contributed by atoms with E-state index in [9.17, 15) is 14.7 Å². The molecule has 0 saturated heterocycles. The standard InChI is InChI=1S/C24H18N2O3/c1-15(27)16-7-9-21(10-8-16)26-24(29)19-5-2-4-17(12-19)20-13-18-6-3-11-25-23(18)22(28)14-20/h2-14,28H,1H3,(H,26,29). The van der Waals surface area contributed by atoms with Crippen molar-refractivity contribution in [3.63, 3.8) is 0 Å². The maximum Gasteiger partial charge on any atom is 0.255 e. The fourth-order valence-corrected chi connectivity index (χ4v) is 3.17. The summed E-state index contributed by atoms with van der Waals surface area (Å²) in [7, 11) is 0. The van der Waals surface area contributed by atoms with Crippen LogP contribution in [0.1, 0.15) is 27.6 Å². The number of anilines is 1. The van der Waals surface area contributed by atoms with Gasteiger partial charge >= 0.3 is 0 Å². The highest BCUT2D eigenvalue weighted by Gasteiger charge is 2.10. The Hall–Kier alpha value is -3.99. The third kappa shape index (κ3) is 3.84. The number of benzene rings is 3. The van der Waals surface area contributed by atoms with Gasteiger partial charge < -0.3 is 10.4 Å². The van der Waals surface area contributed by atoms with Gasteiger partial charge in [-0.05, 0) is 72.6 Å². The van der Waals surface area contributed by atoms with Crippen LogP contribution in [0, 0.1) is 0 Å². The summed E-state index contributed by atoms with van der Waals surface area (Å²) in [5.41, 5.74) is 3.84. The van der Waals surface area contributed by atoms with Crippen molar-refractivity contribution in [1.29, 1.82) is 0 Å². The fourth-order valence-electron chi connectivity index (χ4n) is 3.17. The number of ketones is 1. The lowest BCUT2D eigenvalue weighted by molar-refractivity contribution is 0.101. The van der Waals surface area contributed by atoms with Gasteiger partial charge in [0, 0.05) is 28.4 Å². The SMILES string of the molecule is CC(=O)c1ccc(NC(=O)c2cccc(-c3cc(O)c4ncccc4c3)c2)cc1. The Bertz CT molecular complexity index is 1230. The molecule has 0 radical (unpaired) electrons. The molecule has 0 saturated carbocycles. The number of nitrogens with one attached hydrogen (secondary N) is 1. The summed E-state index contributed by atoms with van der Waals surface area (Å²) in [5, 5.41) is 13.9. The summed E-state index contributed by atoms with van der Waals surface area (Å²) in [6, 6.07) is 21.2. The van der Waals surface area contributed by atoms with E-state index in [1.807, 2.05) is 24.3 Å². The van der Waals surface area contributed by atoms with Crippen LogP contribution in [-0.4, -0.2) is 21.8 Å². The van der Waals surface area contributed by atoms with E-state index in [0.717, 1.165) is 16.5 Å². The molecule has 0 spiro atoms. The second-order valence-corrected chi connectivity index (χ2v) is 6.74. The van der Waals surface area contributed by atoms with Gasteiger partial charge in [0.25, 0.3) is 5.91 Å². The highest BCUT2D eigenvalue weighted by Crippen LogP contribution is 2.31. The zero-order valence-corrected chi connectivity index (χ0v) is 15.7. The molecular weight excluding hydrogens is 364 g/mol. The van der Waals surface area contributed by atoms with Crippen LogP contribution in [0.2, 0.25) is 0 Å². The molecule has 1 amide bonds. The molecule has 4 aromatic rings. The van der Waals surface area contributed by atoms with Crippen LogP contribution < -0.4 is 5.32 Å². The van der Waals surface area contributed by atoms with Gasteiger partial charge in [-0.1, -0.05) is 18.2 Å². The molecule has 5 nitrogen and oxygen atoms in total. The number of nitrogens with zero attached hydrogens (tertiary/aromatic N) is 1. The molecule has 0 atom stereocenters. The monoisotopic (exact) mass is 382 g/mol. The van der Waals surface area contributed by atoms with Crippen LogP contribution in [0.4, 0.5) is 5.69 Å². The number of aromatic hydroxyl groups is 1. The first-order valence-electron chi connectivity index (χ1n) is 9.12. The number of amides is 1. The maximum absolute atomic E-state index is 12.7. The fraction of sp³-hybridized carbons (Fsp3) is 0.0417. The average molecular weight is 382 g/mol. The van der Waals surface area contributed by atoms with Gasteiger partial charge in [-0.25, -0.2) is 0 Å². The Balaban J connectivity index is 1.61. The minimum absolute atomic E-state index is 0.0237. The molecule has 2 N–H and O–H groups in total. The van der Waals surface area contributed by atoms with Crippen LogP contribution in [0.15, 0.2) is 79.0 Å². The zero-order valence-electron chi connectivity index (χ0n) is 15.7. The van der Waals surface area contributed by atoms with Gasteiger partial charge in [0.05, 0.1) is 0 Å². The summed E-state index contributed by atoms with van der Waals surface area (Å²) >= 11 is 0. The summed E-state index contributed by atoms with van der Waals surface area (Å²) in [6.45, 7) is 1.50. The molecule has 1 heterocycles. The molecule has 0 bridgehead atoms. The van der Waals surface area contributed by atoms with Crippen molar-refractivity contribution in [2.45, 2.75) is 6.92 Å². The van der Waals surface area contributed by atoms with E-state index < -0.39 is 0 Å². The third-order valence-corrected chi connectivity index (χ3v) is 4.69. The van der Waals surface area contributed by atoms with Gasteiger partial charge in [-0.15, -0.1) is 0 Å². The summed E-state index contributed by atoms with van der Waals surface area (Å²) in [6.07, 6.45) is 1.63. The predicted molar refractivity (Wildman–Crippen MR) is 113 cm³/mol. The number of carbonyl (C=O) groups excluding carboxylic acids is 2. The Morgan fingerprint density at radius 2 is 1.66 bits per heavy atom. The average Bonchev–Trinajstić information content (AvgIpc) is 2.74. The van der Waals surface area contributed by atoms with Crippen LogP contribution in [0.3, 0.4) is 0 Å². The number of hydrogen-bond acceptors (Lipinski definition) is 4. The van der Waals surface area contributed by atoms with E-state index in [2.05, 4.69) is 10.3 Å². The quantitative estimate of drug-likeness (QED) is 0.484. The lowest BCUT2D eigenvalue weighted by Gasteiger charge is -2.09. The van der Waals surface area contributed by atoms with Gasteiger partial charge in [-0.2, -0.15) is 0 Å². The van der Waals surface area contributed by atoms with E-state index in [1.165, 1.54) is 6.92 Å². The van der Waals surface area contributed by atoms with Crippen molar-refractivity contribution >= 4 is 28.3 Å². The number of Topliss-reactive ketones (excluding diaryl/α,β-unsaturated/α-hetero) is 1. The zero-order chi connectivity index (χ0) is 20.4. The van der Waals surface area contributed by atoms with Crippen LogP contribution in [0.25, 0.3) is 22.0 Å². The minimum atomic E-state index is -0.255. The smallest absolute Gasteiger partial charge is 0.255 e. The van der Waals surface area contributed by atoms with E-state index in [1.54, 1.807) is 54.7 Å². The topological polar surface area (TPSA) is 79.3 Å². The molecular formula is C24H18N2O3. The molecule has 0 unspecified atom stereocenters. The number of hydrogen-bond donors (Lipinski definition) is 2. The first kappa shape index (κ1) is 18.4. The van der Waals surface area contributed by atoms with Gasteiger partial charge in [0.1, 0.15) is 11.3 Å². The van der Waals surface area contributed by atoms with Crippen molar-refractivity contribution in [2.75, 3.05) is 5.32 Å². The minimum Gasteiger partial charge on any atom is -0.506 e. The van der Waals surface area contributed by atoms with Crippen molar-refractivity contribution in [1.82, 2.24) is 4.98 Å². The number of carbonyl (C=O) groups is 2. The van der Waals surface area contributed by atoms with Gasteiger partial charge in [0.15, 0.2) is 5.78 Å². The van der Waals surface area contributed by atoms with E-state index in [0.29, 0.717) is 22.3 Å². The number of fused-ring (bicyclic) bond motifs is 1. The molecule has 4 rings (SSSR count). The largest absolute Gasteiger partial charge is 0.506 e. The lowest BCUT2D eigenvalue weighted by Crippen LogP contribution is -2.12. The molecule has 142 valence electrons. The van der Waals surface area contributed by atoms with Crippen LogP contribution in [0.5, 0.6) is 5.75 Å². The molecule has 1 aromatic heterocycles. The number of pyridine rings is 1. The maximum atomic E-state index is 12.7. The second-order valence-electron chi connectivity index (χ2n) is 6.74. The molecule has 0 aliphatic carbocycles.